The van der Waals surface area contributed by atoms with Gasteiger partial charge in [-0.1, -0.05) is 0 Å². The van der Waals surface area contributed by atoms with Crippen molar-refractivity contribution in [3.8, 4) is 0 Å². The fourth-order valence-electron chi connectivity index (χ4n) is 1.62. The van der Waals surface area contributed by atoms with Crippen LogP contribution in [0.1, 0.15) is 5.69 Å². The van der Waals surface area contributed by atoms with Gasteiger partial charge in [-0.25, -0.2) is 9.97 Å². The zero-order chi connectivity index (χ0) is 13.7. The van der Waals surface area contributed by atoms with Gasteiger partial charge in [0.2, 0.25) is 0 Å². The van der Waals surface area contributed by atoms with Crippen molar-refractivity contribution in [3.63, 3.8) is 0 Å². The highest BCUT2D eigenvalue weighted by Crippen LogP contribution is 2.14. The number of nitrogens with zero attached hydrogens (tertiary/aromatic N) is 3. The Morgan fingerprint density at radius 2 is 2.37 bits per heavy atom. The number of H-pyrrole nitrogens is 1. The van der Waals surface area contributed by atoms with Crippen LogP contribution in [-0.2, 0) is 11.3 Å². The first-order valence-electron chi connectivity index (χ1n) is 5.76. The number of carbonyl (C=O) groups is 1. The van der Waals surface area contributed by atoms with Crippen molar-refractivity contribution in [1.29, 1.82) is 0 Å². The van der Waals surface area contributed by atoms with Gasteiger partial charge in [-0.05, 0) is 12.1 Å². The first-order valence-corrected chi connectivity index (χ1v) is 5.76. The largest absolute Gasteiger partial charge is 0.480 e. The van der Waals surface area contributed by atoms with Crippen molar-refractivity contribution < 1.29 is 9.90 Å². The average molecular weight is 261 g/mol. The molecule has 0 atom stereocenters. The van der Waals surface area contributed by atoms with E-state index < -0.39 is 5.97 Å². The third-order valence-electron chi connectivity index (χ3n) is 2.53. The highest BCUT2D eigenvalue weighted by molar-refractivity contribution is 5.72. The highest BCUT2D eigenvalue weighted by Gasteiger charge is 2.06. The number of carboxylic acids is 1. The maximum Gasteiger partial charge on any atom is 0.322 e. The lowest BCUT2D eigenvalue weighted by Gasteiger charge is -2.17. The maximum atomic E-state index is 10.5. The topological polar surface area (TPSA) is 94.1 Å². The smallest absolute Gasteiger partial charge is 0.322 e. The number of nitrogens with one attached hydrogen (secondary N) is 2. The molecule has 19 heavy (non-hydrogen) atoms. The van der Waals surface area contributed by atoms with Crippen LogP contribution in [-0.4, -0.2) is 39.6 Å². The summed E-state index contributed by atoms with van der Waals surface area (Å²) >= 11 is 0. The molecule has 0 radical (unpaired) electrons. The molecule has 3 N–H and O–H groups in total. The average Bonchev–Trinajstić information content (AvgIpc) is 2.89. The van der Waals surface area contributed by atoms with Crippen molar-refractivity contribution >= 4 is 17.6 Å². The minimum absolute atomic E-state index is 0.170. The summed E-state index contributed by atoms with van der Waals surface area (Å²) in [4.78, 5) is 23.7. The molecular formula is C12H15N5O2. The second-order valence-corrected chi connectivity index (χ2v) is 4.06. The van der Waals surface area contributed by atoms with Crippen LogP contribution in [0, 0.1) is 0 Å². The summed E-state index contributed by atoms with van der Waals surface area (Å²) in [5.74, 6) is 0.281. The highest BCUT2D eigenvalue weighted by atomic mass is 16.4. The molecule has 7 nitrogen and oxygen atoms in total. The van der Waals surface area contributed by atoms with Crippen LogP contribution < -0.4 is 10.2 Å². The molecule has 0 aromatic carbocycles. The molecule has 0 fully saturated rings. The van der Waals surface area contributed by atoms with Gasteiger partial charge in [0.15, 0.2) is 0 Å². The molecule has 0 bridgehead atoms. The minimum Gasteiger partial charge on any atom is -0.480 e. The first kappa shape index (κ1) is 12.9. The Hall–Kier alpha value is -2.57. The van der Waals surface area contributed by atoms with Crippen LogP contribution in [0.3, 0.4) is 0 Å². The molecule has 0 unspecified atom stereocenters. The van der Waals surface area contributed by atoms with Crippen molar-refractivity contribution in [1.82, 2.24) is 15.0 Å². The quantitative estimate of drug-likeness (QED) is 0.716. The van der Waals surface area contributed by atoms with E-state index in [1.165, 1.54) is 6.33 Å². The summed E-state index contributed by atoms with van der Waals surface area (Å²) in [7, 11) is 1.91. The number of rotatable bonds is 6. The van der Waals surface area contributed by atoms with Crippen LogP contribution in [0.4, 0.5) is 11.6 Å². The molecule has 0 saturated carbocycles. The van der Waals surface area contributed by atoms with E-state index in [1.54, 1.807) is 6.07 Å². The number of hydrogen-bond acceptors (Lipinski definition) is 5. The monoisotopic (exact) mass is 261 g/mol. The summed E-state index contributed by atoms with van der Waals surface area (Å²) in [6.45, 7) is 0.513. The van der Waals surface area contributed by atoms with E-state index in [1.807, 2.05) is 30.3 Å². The Morgan fingerprint density at radius 1 is 1.53 bits per heavy atom. The van der Waals surface area contributed by atoms with Crippen molar-refractivity contribution in [2.45, 2.75) is 6.54 Å². The molecule has 2 rings (SSSR count). The fourth-order valence-corrected chi connectivity index (χ4v) is 1.62. The minimum atomic E-state index is -0.931. The Kier molecular flexibility index (Phi) is 3.97. The Bertz CT molecular complexity index is 541. The number of anilines is 2. The Morgan fingerprint density at radius 3 is 3.05 bits per heavy atom. The molecule has 0 aliphatic carbocycles. The van der Waals surface area contributed by atoms with Gasteiger partial charge in [-0.3, -0.25) is 4.79 Å². The number of aliphatic carboxylic acids is 1. The molecule has 0 amide bonds. The van der Waals surface area contributed by atoms with E-state index in [4.69, 9.17) is 5.11 Å². The SMILES string of the molecule is CN(Cc1ccc[nH]1)c1cc(NCC(=O)O)ncn1. The van der Waals surface area contributed by atoms with E-state index in [9.17, 15) is 4.79 Å². The third-order valence-corrected chi connectivity index (χ3v) is 2.53. The van der Waals surface area contributed by atoms with Gasteiger partial charge in [0.1, 0.15) is 24.5 Å². The molecule has 0 spiro atoms. The Labute approximate surface area is 110 Å². The lowest BCUT2D eigenvalue weighted by molar-refractivity contribution is -0.134. The van der Waals surface area contributed by atoms with Gasteiger partial charge in [0.05, 0.1) is 6.54 Å². The molecule has 100 valence electrons. The van der Waals surface area contributed by atoms with E-state index in [0.717, 1.165) is 11.5 Å². The van der Waals surface area contributed by atoms with E-state index >= 15 is 0 Å². The van der Waals surface area contributed by atoms with Crippen LogP contribution in [0.5, 0.6) is 0 Å². The summed E-state index contributed by atoms with van der Waals surface area (Å²) in [5, 5.41) is 11.3. The molecule has 2 aromatic heterocycles. The van der Waals surface area contributed by atoms with E-state index in [2.05, 4.69) is 20.3 Å². The molecule has 2 aromatic rings. The summed E-state index contributed by atoms with van der Waals surface area (Å²) < 4.78 is 0. The zero-order valence-corrected chi connectivity index (χ0v) is 10.5. The third kappa shape index (κ3) is 3.70. The van der Waals surface area contributed by atoms with Gasteiger partial charge in [0.25, 0.3) is 0 Å². The molecule has 7 heteroatoms. The summed E-state index contributed by atoms with van der Waals surface area (Å²) in [6, 6.07) is 5.64. The number of carboxylic acid groups (broad SMARTS) is 1. The number of aromatic nitrogens is 3. The van der Waals surface area contributed by atoms with Crippen LogP contribution in [0.2, 0.25) is 0 Å². The summed E-state index contributed by atoms with van der Waals surface area (Å²) in [6.07, 6.45) is 3.27. The number of aromatic amines is 1. The second kappa shape index (κ2) is 5.85. The maximum absolute atomic E-state index is 10.5. The van der Waals surface area contributed by atoms with Crippen molar-refractivity contribution in [2.24, 2.45) is 0 Å². The van der Waals surface area contributed by atoms with Crippen LogP contribution >= 0.6 is 0 Å². The standard InChI is InChI=1S/C12H15N5O2/c1-17(7-9-3-2-4-13-9)11-5-10(15-8-16-11)14-6-12(18)19/h2-5,8,13H,6-7H2,1H3,(H,18,19)(H,14,15,16). The van der Waals surface area contributed by atoms with Gasteiger partial charge < -0.3 is 20.3 Å². The second-order valence-electron chi connectivity index (χ2n) is 4.06. The van der Waals surface area contributed by atoms with E-state index in [0.29, 0.717) is 12.4 Å². The van der Waals surface area contributed by atoms with E-state index in [-0.39, 0.29) is 6.54 Å². The first-order chi connectivity index (χ1) is 9.15. The summed E-state index contributed by atoms with van der Waals surface area (Å²) in [5.41, 5.74) is 1.07. The number of hydrogen-bond donors (Lipinski definition) is 3. The molecule has 2 heterocycles. The molecule has 0 aliphatic heterocycles. The zero-order valence-electron chi connectivity index (χ0n) is 10.5. The van der Waals surface area contributed by atoms with Crippen molar-refractivity contribution in [3.05, 3.63) is 36.4 Å². The van der Waals surface area contributed by atoms with Gasteiger partial charge >= 0.3 is 5.97 Å². The normalized spacial score (nSPS) is 10.2. The van der Waals surface area contributed by atoms with Gasteiger partial charge in [-0.2, -0.15) is 0 Å². The van der Waals surface area contributed by atoms with Crippen molar-refractivity contribution in [2.75, 3.05) is 23.8 Å². The van der Waals surface area contributed by atoms with Crippen LogP contribution in [0.15, 0.2) is 30.7 Å². The lowest BCUT2D eigenvalue weighted by Crippen LogP contribution is -2.19. The predicted molar refractivity (Wildman–Crippen MR) is 71.1 cm³/mol. The van der Waals surface area contributed by atoms with Crippen LogP contribution in [0.25, 0.3) is 0 Å². The lowest BCUT2D eigenvalue weighted by atomic mass is 10.4. The van der Waals surface area contributed by atoms with Gasteiger partial charge in [0, 0.05) is 25.0 Å². The molecular weight excluding hydrogens is 246 g/mol. The Balaban J connectivity index is 2.03. The molecule has 0 aliphatic rings. The van der Waals surface area contributed by atoms with Gasteiger partial charge in [-0.15, -0.1) is 0 Å². The fraction of sp³-hybridized carbons (Fsp3) is 0.250. The molecule has 0 saturated heterocycles. The predicted octanol–water partition coefficient (Wildman–Crippen LogP) is 0.938.